The molecule has 1 aromatic heterocycles. The first kappa shape index (κ1) is 10.5. The summed E-state index contributed by atoms with van der Waals surface area (Å²) in [6.07, 6.45) is 6.15. The number of esters is 1. The number of hydrogen-bond acceptors (Lipinski definition) is 5. The average Bonchev–Trinajstić information content (AvgIpc) is 3.11. The van der Waals surface area contributed by atoms with Gasteiger partial charge in [0.25, 0.3) is 5.91 Å². The van der Waals surface area contributed by atoms with E-state index in [0.717, 1.165) is 12.8 Å². The molecule has 1 aliphatic carbocycles. The van der Waals surface area contributed by atoms with Crippen molar-refractivity contribution < 1.29 is 14.3 Å². The molecule has 0 aromatic carbocycles. The van der Waals surface area contributed by atoms with Gasteiger partial charge in [-0.1, -0.05) is 0 Å². The molecule has 1 heterocycles. The maximum Gasteiger partial charge on any atom is 0.359 e. The third-order valence-electron chi connectivity index (χ3n) is 2.05. The fourth-order valence-corrected chi connectivity index (χ4v) is 1.11. The molecule has 1 N–H and O–H groups in total. The van der Waals surface area contributed by atoms with E-state index in [4.69, 9.17) is 4.74 Å². The van der Waals surface area contributed by atoms with Gasteiger partial charge in [-0.2, -0.15) is 0 Å². The molecule has 0 spiro atoms. The minimum absolute atomic E-state index is 0.0988. The van der Waals surface area contributed by atoms with Crippen molar-refractivity contribution in [3.8, 4) is 0 Å². The highest BCUT2D eigenvalue weighted by atomic mass is 16.5. The van der Waals surface area contributed by atoms with Crippen LogP contribution >= 0.6 is 0 Å². The molecular weight excluding hydrogens is 210 g/mol. The molecule has 1 amide bonds. The van der Waals surface area contributed by atoms with Crippen molar-refractivity contribution in [1.82, 2.24) is 15.3 Å². The topological polar surface area (TPSA) is 81.2 Å². The van der Waals surface area contributed by atoms with Crippen LogP contribution in [0.25, 0.3) is 0 Å². The van der Waals surface area contributed by atoms with Gasteiger partial charge in [-0.25, -0.2) is 9.78 Å². The second-order valence-corrected chi connectivity index (χ2v) is 3.51. The summed E-state index contributed by atoms with van der Waals surface area (Å²) in [7, 11) is 0. The van der Waals surface area contributed by atoms with Crippen LogP contribution in [0.5, 0.6) is 0 Å². The van der Waals surface area contributed by atoms with Gasteiger partial charge in [0, 0.05) is 18.4 Å². The number of aromatic nitrogens is 2. The van der Waals surface area contributed by atoms with E-state index in [1.165, 1.54) is 18.6 Å². The van der Waals surface area contributed by atoms with Gasteiger partial charge < -0.3 is 10.1 Å². The summed E-state index contributed by atoms with van der Waals surface area (Å²) in [6.45, 7) is -0.272. The molecular formula is C10H11N3O3. The number of amides is 1. The van der Waals surface area contributed by atoms with Crippen LogP contribution in [-0.4, -0.2) is 34.5 Å². The third kappa shape index (κ3) is 3.01. The van der Waals surface area contributed by atoms with Crippen LogP contribution in [0, 0.1) is 0 Å². The van der Waals surface area contributed by atoms with Crippen molar-refractivity contribution in [3.05, 3.63) is 24.3 Å². The van der Waals surface area contributed by atoms with Gasteiger partial charge in [0.15, 0.2) is 12.3 Å². The SMILES string of the molecule is O=C(COC(=O)c1cnccn1)NC1CC1. The number of hydrogen-bond donors (Lipinski definition) is 1. The maximum absolute atomic E-state index is 11.3. The fraction of sp³-hybridized carbons (Fsp3) is 0.400. The standard InChI is InChI=1S/C10H11N3O3/c14-9(13-7-1-2-7)6-16-10(15)8-5-11-3-4-12-8/h3-5,7H,1-2,6H2,(H,13,14). The Hall–Kier alpha value is -1.98. The molecule has 0 radical (unpaired) electrons. The van der Waals surface area contributed by atoms with E-state index in [9.17, 15) is 9.59 Å². The molecule has 1 aromatic rings. The number of nitrogens with one attached hydrogen (secondary N) is 1. The van der Waals surface area contributed by atoms with Crippen LogP contribution < -0.4 is 5.32 Å². The lowest BCUT2D eigenvalue weighted by atomic mass is 10.4. The smallest absolute Gasteiger partial charge is 0.359 e. The van der Waals surface area contributed by atoms with Gasteiger partial charge in [-0.05, 0) is 12.8 Å². The van der Waals surface area contributed by atoms with Crippen LogP contribution in [0.15, 0.2) is 18.6 Å². The lowest BCUT2D eigenvalue weighted by Gasteiger charge is -2.04. The monoisotopic (exact) mass is 221 g/mol. The van der Waals surface area contributed by atoms with E-state index in [2.05, 4.69) is 15.3 Å². The van der Waals surface area contributed by atoms with E-state index in [1.54, 1.807) is 0 Å². The summed E-state index contributed by atoms with van der Waals surface area (Å²) in [5.41, 5.74) is 0.0988. The van der Waals surface area contributed by atoms with Crippen LogP contribution in [-0.2, 0) is 9.53 Å². The summed E-state index contributed by atoms with van der Waals surface area (Å²) >= 11 is 0. The first-order chi connectivity index (χ1) is 7.75. The molecule has 84 valence electrons. The Balaban J connectivity index is 1.77. The minimum Gasteiger partial charge on any atom is -0.451 e. The first-order valence-corrected chi connectivity index (χ1v) is 4.98. The van der Waals surface area contributed by atoms with E-state index in [1.807, 2.05) is 0 Å². The van der Waals surface area contributed by atoms with E-state index >= 15 is 0 Å². The summed E-state index contributed by atoms with van der Waals surface area (Å²) in [5.74, 6) is -0.918. The molecule has 1 saturated carbocycles. The molecule has 16 heavy (non-hydrogen) atoms. The van der Waals surface area contributed by atoms with Gasteiger partial charge in [0.05, 0.1) is 6.20 Å². The molecule has 6 nitrogen and oxygen atoms in total. The second kappa shape index (κ2) is 4.69. The Labute approximate surface area is 92.0 Å². The third-order valence-corrected chi connectivity index (χ3v) is 2.05. The normalized spacial score (nSPS) is 14.2. The Bertz CT molecular complexity index is 390. The quantitative estimate of drug-likeness (QED) is 0.719. The van der Waals surface area contributed by atoms with Crippen LogP contribution in [0.4, 0.5) is 0 Å². The Kier molecular flexibility index (Phi) is 3.09. The van der Waals surface area contributed by atoms with Crippen molar-refractivity contribution in [3.63, 3.8) is 0 Å². The van der Waals surface area contributed by atoms with Crippen molar-refractivity contribution in [2.24, 2.45) is 0 Å². The molecule has 6 heteroatoms. The predicted octanol–water partition coefficient (Wildman–Crippen LogP) is -0.0880. The van der Waals surface area contributed by atoms with Crippen molar-refractivity contribution in [1.29, 1.82) is 0 Å². The highest BCUT2D eigenvalue weighted by molar-refractivity contribution is 5.89. The van der Waals surface area contributed by atoms with E-state index < -0.39 is 5.97 Å². The minimum atomic E-state index is -0.640. The number of carbonyl (C=O) groups is 2. The van der Waals surface area contributed by atoms with E-state index in [0.29, 0.717) is 0 Å². The Morgan fingerprint density at radius 1 is 1.44 bits per heavy atom. The molecule has 1 aliphatic rings. The van der Waals surface area contributed by atoms with Gasteiger partial charge in [-0.3, -0.25) is 9.78 Å². The Morgan fingerprint density at radius 3 is 2.88 bits per heavy atom. The van der Waals surface area contributed by atoms with Gasteiger partial charge in [-0.15, -0.1) is 0 Å². The fourth-order valence-electron chi connectivity index (χ4n) is 1.11. The molecule has 1 fully saturated rings. The number of nitrogens with zero attached hydrogens (tertiary/aromatic N) is 2. The summed E-state index contributed by atoms with van der Waals surface area (Å²) in [5, 5.41) is 2.71. The highest BCUT2D eigenvalue weighted by Crippen LogP contribution is 2.18. The molecule has 0 atom stereocenters. The van der Waals surface area contributed by atoms with Crippen molar-refractivity contribution in [2.45, 2.75) is 18.9 Å². The van der Waals surface area contributed by atoms with Gasteiger partial charge in [0.1, 0.15) is 0 Å². The van der Waals surface area contributed by atoms with Crippen LogP contribution in [0.3, 0.4) is 0 Å². The average molecular weight is 221 g/mol. The van der Waals surface area contributed by atoms with Crippen LogP contribution in [0.2, 0.25) is 0 Å². The van der Waals surface area contributed by atoms with Crippen LogP contribution in [0.1, 0.15) is 23.3 Å². The lowest BCUT2D eigenvalue weighted by Crippen LogP contribution is -2.30. The molecule has 0 aliphatic heterocycles. The number of rotatable bonds is 4. The van der Waals surface area contributed by atoms with Crippen molar-refractivity contribution in [2.75, 3.05) is 6.61 Å². The zero-order valence-corrected chi connectivity index (χ0v) is 8.55. The van der Waals surface area contributed by atoms with Gasteiger partial charge >= 0.3 is 5.97 Å². The highest BCUT2D eigenvalue weighted by Gasteiger charge is 2.23. The van der Waals surface area contributed by atoms with Crippen molar-refractivity contribution >= 4 is 11.9 Å². The second-order valence-electron chi connectivity index (χ2n) is 3.51. The Morgan fingerprint density at radius 2 is 2.25 bits per heavy atom. The molecule has 2 rings (SSSR count). The zero-order valence-electron chi connectivity index (χ0n) is 8.55. The molecule has 0 bridgehead atoms. The summed E-state index contributed by atoms with van der Waals surface area (Å²) in [4.78, 5) is 30.0. The zero-order chi connectivity index (χ0) is 11.4. The first-order valence-electron chi connectivity index (χ1n) is 4.98. The molecule has 0 unspecified atom stereocenters. The van der Waals surface area contributed by atoms with Gasteiger partial charge in [0.2, 0.25) is 0 Å². The largest absolute Gasteiger partial charge is 0.451 e. The number of carbonyl (C=O) groups excluding carboxylic acids is 2. The number of ether oxygens (including phenoxy) is 1. The van der Waals surface area contributed by atoms with E-state index in [-0.39, 0.29) is 24.2 Å². The summed E-state index contributed by atoms with van der Waals surface area (Å²) in [6, 6.07) is 0.266. The lowest BCUT2D eigenvalue weighted by molar-refractivity contribution is -0.124. The summed E-state index contributed by atoms with van der Waals surface area (Å²) < 4.78 is 4.77. The maximum atomic E-state index is 11.3. The molecule has 0 saturated heterocycles. The predicted molar refractivity (Wildman–Crippen MR) is 53.5 cm³/mol.